The van der Waals surface area contributed by atoms with E-state index in [4.69, 9.17) is 0 Å². The molecule has 2 aromatic rings. The number of phenolic OH excluding ortho intramolecular Hbond substituents is 2. The minimum Gasteiger partial charge on any atom is -0.508 e. The molecule has 0 bridgehead atoms. The average molecular weight is 334 g/mol. The molecule has 2 aromatic carbocycles. The summed E-state index contributed by atoms with van der Waals surface area (Å²) < 4.78 is 26.6. The zero-order chi connectivity index (χ0) is 17.7. The van der Waals surface area contributed by atoms with Crippen molar-refractivity contribution in [2.45, 2.75) is 51.3 Å². The van der Waals surface area contributed by atoms with Gasteiger partial charge in [-0.3, -0.25) is 0 Å². The van der Waals surface area contributed by atoms with E-state index >= 15 is 0 Å². The predicted octanol–water partition coefficient (Wildman–Crippen LogP) is 3.78. The first-order chi connectivity index (χ1) is 10.5. The Morgan fingerprint density at radius 2 is 0.957 bits per heavy atom. The second kappa shape index (κ2) is 5.57. The van der Waals surface area contributed by atoms with E-state index in [1.54, 1.807) is 41.5 Å². The third-order valence-electron chi connectivity index (χ3n) is 4.53. The molecular weight excluding hydrogens is 312 g/mol. The van der Waals surface area contributed by atoms with Crippen LogP contribution in [-0.4, -0.2) is 18.6 Å². The van der Waals surface area contributed by atoms with Crippen LogP contribution in [0.3, 0.4) is 0 Å². The fraction of sp³-hybridized carbons (Fsp3) is 0.333. The van der Waals surface area contributed by atoms with E-state index in [0.717, 1.165) is 0 Å². The Morgan fingerprint density at radius 1 is 0.652 bits per heavy atom. The molecule has 0 heterocycles. The molecule has 2 rings (SSSR count). The van der Waals surface area contributed by atoms with Gasteiger partial charge in [-0.15, -0.1) is 0 Å². The van der Waals surface area contributed by atoms with Crippen molar-refractivity contribution in [1.29, 1.82) is 0 Å². The molecule has 0 radical (unpaired) electrons. The third kappa shape index (κ3) is 2.59. The lowest BCUT2D eigenvalue weighted by Gasteiger charge is -2.19. The maximum absolute atomic E-state index is 13.3. The molecule has 0 amide bonds. The van der Waals surface area contributed by atoms with Crippen LogP contribution >= 0.6 is 0 Å². The van der Waals surface area contributed by atoms with Crippen molar-refractivity contribution in [2.24, 2.45) is 0 Å². The van der Waals surface area contributed by atoms with E-state index in [1.165, 1.54) is 12.1 Å². The zero-order valence-corrected chi connectivity index (χ0v) is 15.1. The van der Waals surface area contributed by atoms with E-state index in [-0.39, 0.29) is 21.3 Å². The van der Waals surface area contributed by atoms with Gasteiger partial charge in [-0.05, 0) is 87.1 Å². The largest absolute Gasteiger partial charge is 0.508 e. The maximum atomic E-state index is 13.3. The number of aromatic hydroxyl groups is 2. The molecule has 124 valence electrons. The summed E-state index contributed by atoms with van der Waals surface area (Å²) in [4.78, 5) is 0.452. The van der Waals surface area contributed by atoms with Crippen LogP contribution in [0.4, 0.5) is 0 Å². The monoisotopic (exact) mass is 334 g/mol. The summed E-state index contributed by atoms with van der Waals surface area (Å²) >= 11 is 0. The van der Waals surface area contributed by atoms with E-state index in [9.17, 15) is 18.6 Å². The Hall–Kier alpha value is -2.01. The highest BCUT2D eigenvalue weighted by molar-refractivity contribution is 7.91. The number of aryl methyl sites for hydroxylation is 2. The summed E-state index contributed by atoms with van der Waals surface area (Å²) in [7, 11) is -3.76. The molecule has 0 aliphatic carbocycles. The molecular formula is C18H22O4S. The maximum Gasteiger partial charge on any atom is 0.207 e. The minimum absolute atomic E-state index is 0.0919. The Bertz CT molecular complexity index is 840. The van der Waals surface area contributed by atoms with Gasteiger partial charge < -0.3 is 10.2 Å². The highest BCUT2D eigenvalue weighted by Gasteiger charge is 2.28. The van der Waals surface area contributed by atoms with Gasteiger partial charge in [0.25, 0.3) is 0 Å². The summed E-state index contributed by atoms with van der Waals surface area (Å²) in [6.07, 6.45) is 0. The topological polar surface area (TPSA) is 74.6 Å². The van der Waals surface area contributed by atoms with E-state index in [2.05, 4.69) is 0 Å². The van der Waals surface area contributed by atoms with E-state index in [0.29, 0.717) is 33.4 Å². The standard InChI is InChI=1S/C18H22O4S/c1-9-7-15(19)11(3)13(5)17(9)23(21,22)18-10(2)8-16(20)12(4)14(18)6/h7-8,19-20H,1-6H3. The molecule has 0 atom stereocenters. The van der Waals surface area contributed by atoms with Crippen LogP contribution in [0.2, 0.25) is 0 Å². The SMILES string of the molecule is Cc1cc(O)c(C)c(C)c1S(=O)(=O)c1c(C)cc(O)c(C)c1C. The summed E-state index contributed by atoms with van der Waals surface area (Å²) in [5.41, 5.74) is 3.23. The number of rotatable bonds is 2. The lowest BCUT2D eigenvalue weighted by Crippen LogP contribution is -2.11. The summed E-state index contributed by atoms with van der Waals surface area (Å²) in [5.74, 6) is 0.184. The highest BCUT2D eigenvalue weighted by Crippen LogP contribution is 2.38. The molecule has 0 spiro atoms. The fourth-order valence-corrected chi connectivity index (χ4v) is 5.29. The van der Waals surface area contributed by atoms with Crippen LogP contribution < -0.4 is 0 Å². The third-order valence-corrected chi connectivity index (χ3v) is 6.87. The second-order valence-corrected chi connectivity index (χ2v) is 7.91. The number of phenols is 2. The highest BCUT2D eigenvalue weighted by atomic mass is 32.2. The number of sulfone groups is 1. The van der Waals surface area contributed by atoms with Crippen molar-refractivity contribution in [3.05, 3.63) is 45.5 Å². The Kier molecular flexibility index (Phi) is 4.20. The van der Waals surface area contributed by atoms with E-state index < -0.39 is 9.84 Å². The van der Waals surface area contributed by atoms with Crippen molar-refractivity contribution in [1.82, 2.24) is 0 Å². The molecule has 0 saturated heterocycles. The first-order valence-corrected chi connectivity index (χ1v) is 8.83. The van der Waals surface area contributed by atoms with Crippen molar-refractivity contribution < 1.29 is 18.6 Å². The molecule has 4 nitrogen and oxygen atoms in total. The van der Waals surface area contributed by atoms with Crippen LogP contribution in [0.15, 0.2) is 21.9 Å². The van der Waals surface area contributed by atoms with Gasteiger partial charge in [-0.2, -0.15) is 0 Å². The van der Waals surface area contributed by atoms with Crippen molar-refractivity contribution in [3.8, 4) is 11.5 Å². The molecule has 0 fully saturated rings. The Labute approximate surface area is 137 Å². The lowest BCUT2D eigenvalue weighted by molar-refractivity contribution is 0.469. The average Bonchev–Trinajstić information content (AvgIpc) is 2.41. The van der Waals surface area contributed by atoms with Crippen LogP contribution in [0.1, 0.15) is 33.4 Å². The molecule has 5 heteroatoms. The van der Waals surface area contributed by atoms with Crippen molar-refractivity contribution >= 4 is 9.84 Å². The van der Waals surface area contributed by atoms with Crippen molar-refractivity contribution in [3.63, 3.8) is 0 Å². The molecule has 0 aliphatic heterocycles. The van der Waals surface area contributed by atoms with E-state index in [1.807, 2.05) is 0 Å². The fourth-order valence-electron chi connectivity index (χ4n) is 3.00. The Balaban J connectivity index is 2.91. The minimum atomic E-state index is -3.76. The van der Waals surface area contributed by atoms with Crippen LogP contribution in [-0.2, 0) is 9.84 Å². The van der Waals surface area contributed by atoms with Gasteiger partial charge >= 0.3 is 0 Å². The summed E-state index contributed by atoms with van der Waals surface area (Å²) in [6, 6.07) is 2.96. The van der Waals surface area contributed by atoms with Gasteiger partial charge in [-0.1, -0.05) is 0 Å². The van der Waals surface area contributed by atoms with Gasteiger partial charge in [0.05, 0.1) is 9.79 Å². The molecule has 0 saturated carbocycles. The lowest BCUT2D eigenvalue weighted by atomic mass is 10.1. The van der Waals surface area contributed by atoms with Crippen LogP contribution in [0.5, 0.6) is 11.5 Å². The molecule has 0 aliphatic rings. The molecule has 0 aromatic heterocycles. The van der Waals surface area contributed by atoms with Gasteiger partial charge in [0.2, 0.25) is 9.84 Å². The molecule has 23 heavy (non-hydrogen) atoms. The number of hydrogen-bond donors (Lipinski definition) is 2. The second-order valence-electron chi connectivity index (χ2n) is 6.09. The molecule has 2 N–H and O–H groups in total. The molecule has 0 unspecified atom stereocenters. The summed E-state index contributed by atoms with van der Waals surface area (Å²) in [5, 5.41) is 19.8. The number of benzene rings is 2. The van der Waals surface area contributed by atoms with Crippen LogP contribution in [0, 0.1) is 41.5 Å². The van der Waals surface area contributed by atoms with Gasteiger partial charge in [0, 0.05) is 0 Å². The zero-order valence-electron chi connectivity index (χ0n) is 14.3. The number of hydrogen-bond acceptors (Lipinski definition) is 4. The van der Waals surface area contributed by atoms with Gasteiger partial charge in [-0.25, -0.2) is 8.42 Å². The first kappa shape index (κ1) is 17.3. The van der Waals surface area contributed by atoms with Crippen LogP contribution in [0.25, 0.3) is 0 Å². The predicted molar refractivity (Wildman–Crippen MR) is 90.1 cm³/mol. The van der Waals surface area contributed by atoms with Gasteiger partial charge in [0.1, 0.15) is 11.5 Å². The summed E-state index contributed by atoms with van der Waals surface area (Å²) in [6.45, 7) is 10.2. The smallest absolute Gasteiger partial charge is 0.207 e. The van der Waals surface area contributed by atoms with Crippen molar-refractivity contribution in [2.75, 3.05) is 0 Å². The Morgan fingerprint density at radius 3 is 1.26 bits per heavy atom. The quantitative estimate of drug-likeness (QED) is 0.876. The normalized spacial score (nSPS) is 11.7. The first-order valence-electron chi connectivity index (χ1n) is 7.34. The van der Waals surface area contributed by atoms with Gasteiger partial charge in [0.15, 0.2) is 0 Å².